The van der Waals surface area contributed by atoms with E-state index in [-0.39, 0.29) is 12.2 Å². The molecular weight excluding hydrogens is 629 g/mol. The Morgan fingerprint density at radius 1 is 0.417 bits per heavy atom. The summed E-state index contributed by atoms with van der Waals surface area (Å²) in [5.74, 6) is 2.19. The summed E-state index contributed by atoms with van der Waals surface area (Å²) < 4.78 is 0. The van der Waals surface area contributed by atoms with Gasteiger partial charge >= 0.3 is 0 Å². The van der Waals surface area contributed by atoms with Gasteiger partial charge in [-0.25, -0.2) is 0 Å². The average molecular weight is 717 g/mol. The van der Waals surface area contributed by atoms with E-state index in [2.05, 4.69) is 31.0 Å². The van der Waals surface area contributed by atoms with Crippen molar-refractivity contribution in [2.24, 2.45) is 0 Å². The number of nitrogens with one attached hydrogen (secondary N) is 1. The molecule has 0 heterocycles. The highest BCUT2D eigenvalue weighted by Gasteiger charge is 2.16. The summed E-state index contributed by atoms with van der Waals surface area (Å²) in [5, 5.41) is 25.3. The molecule has 0 radical (unpaired) electrons. The standard InChI is InChI=1S/C42H88N2O2S2/c1-4-7-10-12-14-16-18-20-22-24-26-28-30-32-41(45)39-44(36-38-48-47-37-35-43-34-9-6-3)40-42(46)33-31-29-27-25-23-21-19-17-15-13-11-8-5-2/h41-43,45-46H,4-40H2,1-3H3. The SMILES string of the molecule is CCCCCCCCCCCCCCCC(O)CN(CCSSCCNCCCC)CC(O)CCCCCCCCCCCCCCC. The predicted octanol–water partition coefficient (Wildman–Crippen LogP) is 12.7. The Kier molecular flexibility index (Phi) is 42.4. The minimum Gasteiger partial charge on any atom is -0.392 e. The monoisotopic (exact) mass is 717 g/mol. The smallest absolute Gasteiger partial charge is 0.0667 e. The number of aliphatic hydroxyl groups is 2. The van der Waals surface area contributed by atoms with Crippen molar-refractivity contribution < 1.29 is 10.2 Å². The molecule has 2 atom stereocenters. The Hall–Kier alpha value is 0.540. The zero-order chi connectivity index (χ0) is 35.0. The van der Waals surface area contributed by atoms with E-state index in [0.717, 1.165) is 56.8 Å². The summed E-state index contributed by atoms with van der Waals surface area (Å²) in [6.07, 6.45) is 39.1. The van der Waals surface area contributed by atoms with Crippen LogP contribution in [-0.2, 0) is 0 Å². The van der Waals surface area contributed by atoms with Crippen LogP contribution in [0.15, 0.2) is 0 Å². The van der Waals surface area contributed by atoms with Crippen LogP contribution in [0, 0.1) is 0 Å². The Balaban J connectivity index is 4.12. The molecule has 0 aliphatic carbocycles. The van der Waals surface area contributed by atoms with E-state index in [4.69, 9.17) is 0 Å². The molecule has 48 heavy (non-hydrogen) atoms. The van der Waals surface area contributed by atoms with Crippen LogP contribution in [0.1, 0.15) is 213 Å². The fourth-order valence-electron chi connectivity index (χ4n) is 6.66. The number of unbranched alkanes of at least 4 members (excludes halogenated alkanes) is 25. The molecule has 6 heteroatoms. The minimum atomic E-state index is -0.276. The number of hydrogen-bond acceptors (Lipinski definition) is 6. The first-order valence-corrected chi connectivity index (χ1v) is 24.2. The average Bonchev–Trinajstić information content (AvgIpc) is 3.08. The lowest BCUT2D eigenvalue weighted by Gasteiger charge is -2.27. The van der Waals surface area contributed by atoms with Crippen LogP contribution in [0.2, 0.25) is 0 Å². The van der Waals surface area contributed by atoms with Gasteiger partial charge in [0.1, 0.15) is 0 Å². The maximum atomic E-state index is 10.9. The normalized spacial score (nSPS) is 13.1. The van der Waals surface area contributed by atoms with Crippen LogP contribution in [0.25, 0.3) is 0 Å². The van der Waals surface area contributed by atoms with Gasteiger partial charge in [0.15, 0.2) is 0 Å². The van der Waals surface area contributed by atoms with Crippen molar-refractivity contribution in [2.45, 2.75) is 226 Å². The molecule has 0 saturated carbocycles. The largest absolute Gasteiger partial charge is 0.392 e. The molecule has 0 rings (SSSR count). The molecule has 0 aromatic carbocycles. The second-order valence-corrected chi connectivity index (χ2v) is 17.6. The van der Waals surface area contributed by atoms with Crippen LogP contribution in [0.3, 0.4) is 0 Å². The van der Waals surface area contributed by atoms with E-state index in [1.165, 1.54) is 167 Å². The second-order valence-electron chi connectivity index (χ2n) is 14.9. The van der Waals surface area contributed by atoms with E-state index in [1.54, 1.807) is 0 Å². The molecular formula is C42H88N2O2S2. The molecule has 3 N–H and O–H groups in total. The van der Waals surface area contributed by atoms with Crippen LogP contribution in [0.4, 0.5) is 0 Å². The van der Waals surface area contributed by atoms with Gasteiger partial charge in [-0.1, -0.05) is 216 Å². The van der Waals surface area contributed by atoms with Gasteiger partial charge in [0.25, 0.3) is 0 Å². The molecule has 0 aliphatic rings. The summed E-state index contributed by atoms with van der Waals surface area (Å²) >= 11 is 0. The summed E-state index contributed by atoms with van der Waals surface area (Å²) in [6.45, 7) is 11.4. The zero-order valence-electron chi connectivity index (χ0n) is 33.0. The van der Waals surface area contributed by atoms with E-state index in [1.807, 2.05) is 21.6 Å². The van der Waals surface area contributed by atoms with Gasteiger partial charge in [0.2, 0.25) is 0 Å². The lowest BCUT2D eigenvalue weighted by Crippen LogP contribution is -2.39. The van der Waals surface area contributed by atoms with Gasteiger partial charge in [-0.2, -0.15) is 0 Å². The fraction of sp³-hybridized carbons (Fsp3) is 1.00. The molecule has 0 aromatic rings. The Morgan fingerprint density at radius 2 is 0.750 bits per heavy atom. The Morgan fingerprint density at radius 3 is 1.12 bits per heavy atom. The number of aliphatic hydroxyl groups excluding tert-OH is 2. The van der Waals surface area contributed by atoms with Gasteiger partial charge in [-0.15, -0.1) is 0 Å². The molecule has 290 valence electrons. The van der Waals surface area contributed by atoms with Gasteiger partial charge in [-0.3, -0.25) is 4.90 Å². The van der Waals surface area contributed by atoms with E-state index < -0.39 is 0 Å². The first kappa shape index (κ1) is 48.5. The Bertz CT molecular complexity index is 548. The molecule has 4 nitrogen and oxygen atoms in total. The summed E-state index contributed by atoms with van der Waals surface area (Å²) in [4.78, 5) is 2.35. The highest BCUT2D eigenvalue weighted by Crippen LogP contribution is 2.21. The van der Waals surface area contributed by atoms with Crippen LogP contribution >= 0.6 is 21.6 Å². The van der Waals surface area contributed by atoms with Crippen molar-refractivity contribution in [1.29, 1.82) is 0 Å². The van der Waals surface area contributed by atoms with Crippen molar-refractivity contribution in [2.75, 3.05) is 44.2 Å². The lowest BCUT2D eigenvalue weighted by molar-refractivity contribution is 0.0639. The third kappa shape index (κ3) is 39.3. The molecule has 2 unspecified atom stereocenters. The van der Waals surface area contributed by atoms with Crippen molar-refractivity contribution in [3.8, 4) is 0 Å². The molecule has 0 bridgehead atoms. The topological polar surface area (TPSA) is 55.7 Å². The third-order valence-electron chi connectivity index (χ3n) is 9.86. The maximum absolute atomic E-state index is 10.9. The summed E-state index contributed by atoms with van der Waals surface area (Å²) in [7, 11) is 3.90. The molecule has 0 amide bonds. The van der Waals surface area contributed by atoms with Gasteiger partial charge in [0, 0.05) is 37.7 Å². The molecule has 0 spiro atoms. The van der Waals surface area contributed by atoms with Crippen molar-refractivity contribution >= 4 is 21.6 Å². The highest BCUT2D eigenvalue weighted by molar-refractivity contribution is 8.76. The second kappa shape index (κ2) is 42.0. The van der Waals surface area contributed by atoms with Gasteiger partial charge in [-0.05, 0) is 25.8 Å². The number of hydrogen-bond donors (Lipinski definition) is 3. The van der Waals surface area contributed by atoms with E-state index in [0.29, 0.717) is 13.1 Å². The molecule has 0 aromatic heterocycles. The minimum absolute atomic E-state index is 0.276. The van der Waals surface area contributed by atoms with Gasteiger partial charge < -0.3 is 15.5 Å². The fourth-order valence-corrected chi connectivity index (χ4v) is 8.63. The predicted molar refractivity (Wildman–Crippen MR) is 222 cm³/mol. The van der Waals surface area contributed by atoms with E-state index >= 15 is 0 Å². The zero-order valence-corrected chi connectivity index (χ0v) is 34.6. The van der Waals surface area contributed by atoms with Crippen molar-refractivity contribution in [3.05, 3.63) is 0 Å². The number of rotatable bonds is 42. The first-order chi connectivity index (χ1) is 23.6. The van der Waals surface area contributed by atoms with Crippen molar-refractivity contribution in [1.82, 2.24) is 10.2 Å². The molecule has 0 fully saturated rings. The third-order valence-corrected chi connectivity index (χ3v) is 12.2. The highest BCUT2D eigenvalue weighted by atomic mass is 33.1. The summed E-state index contributed by atoms with van der Waals surface area (Å²) in [6, 6.07) is 0. The van der Waals surface area contributed by atoms with E-state index in [9.17, 15) is 10.2 Å². The first-order valence-electron chi connectivity index (χ1n) is 21.7. The number of nitrogens with zero attached hydrogens (tertiary/aromatic N) is 1. The lowest BCUT2D eigenvalue weighted by atomic mass is 10.0. The quantitative estimate of drug-likeness (QED) is 0.0432. The van der Waals surface area contributed by atoms with Gasteiger partial charge in [0.05, 0.1) is 12.2 Å². The van der Waals surface area contributed by atoms with Crippen LogP contribution in [-0.4, -0.2) is 71.6 Å². The maximum Gasteiger partial charge on any atom is 0.0667 e. The van der Waals surface area contributed by atoms with Crippen molar-refractivity contribution in [3.63, 3.8) is 0 Å². The summed E-state index contributed by atoms with van der Waals surface area (Å²) in [5.41, 5.74) is 0. The molecule has 0 saturated heterocycles. The Labute approximate surface area is 310 Å². The van der Waals surface area contributed by atoms with Crippen LogP contribution in [0.5, 0.6) is 0 Å². The molecule has 0 aliphatic heterocycles. The van der Waals surface area contributed by atoms with Crippen LogP contribution < -0.4 is 5.32 Å².